The van der Waals surface area contributed by atoms with Crippen LogP contribution in [0.25, 0.3) is 0 Å². The molecule has 13 heavy (non-hydrogen) atoms. The van der Waals surface area contributed by atoms with Gasteiger partial charge in [0.1, 0.15) is 0 Å². The van der Waals surface area contributed by atoms with E-state index in [0.717, 1.165) is 11.8 Å². The average molecular weight is 215 g/mol. The van der Waals surface area contributed by atoms with Crippen LogP contribution in [-0.4, -0.2) is 16.9 Å². The monoisotopic (exact) mass is 214 g/mol. The first kappa shape index (κ1) is 10.2. The van der Waals surface area contributed by atoms with Gasteiger partial charge >= 0.3 is 6.18 Å². The van der Waals surface area contributed by atoms with Crippen LogP contribution < -0.4 is 4.74 Å². The molecule has 0 saturated carbocycles. The van der Waals surface area contributed by atoms with Gasteiger partial charge in [-0.2, -0.15) is 18.3 Å². The van der Waals surface area contributed by atoms with Gasteiger partial charge in [-0.25, -0.2) is 0 Å². The van der Waals surface area contributed by atoms with E-state index >= 15 is 0 Å². The van der Waals surface area contributed by atoms with Crippen LogP contribution in [0.2, 0.25) is 5.15 Å². The Hall–Kier alpha value is -0.910. The molecule has 0 amide bonds. The van der Waals surface area contributed by atoms with Crippen LogP contribution in [0.1, 0.15) is 5.69 Å². The number of nitrogens with zero attached hydrogens (tertiary/aromatic N) is 2. The van der Waals surface area contributed by atoms with Gasteiger partial charge in [-0.3, -0.25) is 4.68 Å². The Morgan fingerprint density at radius 2 is 2.00 bits per heavy atom. The molecular formula is C6H6ClF3N2O. The van der Waals surface area contributed by atoms with Crippen molar-refractivity contribution < 1.29 is 17.9 Å². The fourth-order valence-corrected chi connectivity index (χ4v) is 1.05. The molecule has 0 aliphatic carbocycles. The fraction of sp³-hybridized carbons (Fsp3) is 0.500. The zero-order valence-corrected chi connectivity index (χ0v) is 7.57. The van der Waals surface area contributed by atoms with E-state index in [1.54, 1.807) is 0 Å². The fourth-order valence-electron chi connectivity index (χ4n) is 0.850. The van der Waals surface area contributed by atoms with Gasteiger partial charge in [0.25, 0.3) is 0 Å². The van der Waals surface area contributed by atoms with Crippen LogP contribution >= 0.6 is 11.6 Å². The van der Waals surface area contributed by atoms with Gasteiger partial charge in [0, 0.05) is 7.05 Å². The summed E-state index contributed by atoms with van der Waals surface area (Å²) in [6.07, 6.45) is -4.55. The second-order valence-electron chi connectivity index (χ2n) is 2.29. The van der Waals surface area contributed by atoms with Gasteiger partial charge in [0.15, 0.2) is 10.9 Å². The first-order valence-electron chi connectivity index (χ1n) is 3.21. The van der Waals surface area contributed by atoms with Crippen LogP contribution in [-0.2, 0) is 13.2 Å². The van der Waals surface area contributed by atoms with Gasteiger partial charge in [-0.05, 0) is 0 Å². The molecule has 1 aromatic rings. The Morgan fingerprint density at radius 3 is 2.31 bits per heavy atom. The molecule has 0 radical (unpaired) electrons. The molecule has 0 bridgehead atoms. The molecule has 0 aliphatic heterocycles. The number of aromatic nitrogens is 2. The topological polar surface area (TPSA) is 27.1 Å². The second kappa shape index (κ2) is 3.10. The standard InChI is InChI=1S/C6H6ClF3N2O/c1-12-5(7)3(13-2)4(11-12)6(8,9)10/h1-2H3. The maximum Gasteiger partial charge on any atom is 0.438 e. The van der Waals surface area contributed by atoms with Gasteiger partial charge in [-0.1, -0.05) is 11.6 Å². The molecule has 0 atom stereocenters. The van der Waals surface area contributed by atoms with Gasteiger partial charge in [0.05, 0.1) is 7.11 Å². The summed E-state index contributed by atoms with van der Waals surface area (Å²) in [5, 5.41) is 3.02. The van der Waals surface area contributed by atoms with E-state index in [-0.39, 0.29) is 5.15 Å². The van der Waals surface area contributed by atoms with Crippen molar-refractivity contribution in [3.05, 3.63) is 10.8 Å². The molecule has 0 aliphatic rings. The van der Waals surface area contributed by atoms with Crippen molar-refractivity contribution in [1.82, 2.24) is 9.78 Å². The lowest BCUT2D eigenvalue weighted by atomic mass is 10.4. The number of methoxy groups -OCH3 is 1. The predicted octanol–water partition coefficient (Wildman–Crippen LogP) is 2.10. The van der Waals surface area contributed by atoms with Crippen molar-refractivity contribution in [2.24, 2.45) is 7.05 Å². The summed E-state index contributed by atoms with van der Waals surface area (Å²) >= 11 is 5.50. The number of rotatable bonds is 1. The average Bonchev–Trinajstić information content (AvgIpc) is 2.28. The van der Waals surface area contributed by atoms with Crippen molar-refractivity contribution in [3.8, 4) is 5.75 Å². The highest BCUT2D eigenvalue weighted by molar-refractivity contribution is 6.31. The molecule has 1 rings (SSSR count). The molecule has 74 valence electrons. The van der Waals surface area contributed by atoms with E-state index in [2.05, 4.69) is 9.84 Å². The van der Waals surface area contributed by atoms with Gasteiger partial charge in [0.2, 0.25) is 5.69 Å². The molecule has 0 saturated heterocycles. The Kier molecular flexibility index (Phi) is 2.42. The number of alkyl halides is 3. The normalized spacial score (nSPS) is 11.8. The summed E-state index contributed by atoms with van der Waals surface area (Å²) < 4.78 is 42.0. The van der Waals surface area contributed by atoms with Crippen LogP contribution in [0.5, 0.6) is 5.75 Å². The van der Waals surface area contributed by atoms with Gasteiger partial charge < -0.3 is 4.74 Å². The number of ether oxygens (including phenoxy) is 1. The quantitative estimate of drug-likeness (QED) is 0.716. The van der Waals surface area contributed by atoms with Crippen molar-refractivity contribution in [3.63, 3.8) is 0 Å². The summed E-state index contributed by atoms with van der Waals surface area (Å²) in [5.74, 6) is -0.448. The number of hydrogen-bond acceptors (Lipinski definition) is 2. The highest BCUT2D eigenvalue weighted by atomic mass is 35.5. The zero-order chi connectivity index (χ0) is 10.2. The molecule has 0 spiro atoms. The molecule has 1 aromatic heterocycles. The first-order chi connectivity index (χ1) is 5.88. The van der Waals surface area contributed by atoms with Crippen LogP contribution in [0.3, 0.4) is 0 Å². The number of hydrogen-bond donors (Lipinski definition) is 0. The van der Waals surface area contributed by atoms with E-state index < -0.39 is 17.6 Å². The number of halogens is 4. The third kappa shape index (κ3) is 1.72. The minimum Gasteiger partial charge on any atom is -0.491 e. The predicted molar refractivity (Wildman–Crippen MR) is 39.8 cm³/mol. The summed E-state index contributed by atoms with van der Waals surface area (Å²) in [7, 11) is 2.41. The minimum absolute atomic E-state index is 0.171. The minimum atomic E-state index is -4.55. The molecule has 7 heteroatoms. The van der Waals surface area contributed by atoms with E-state index in [9.17, 15) is 13.2 Å². The van der Waals surface area contributed by atoms with E-state index in [1.165, 1.54) is 7.05 Å². The van der Waals surface area contributed by atoms with Crippen molar-refractivity contribution in [2.45, 2.75) is 6.18 Å². The lowest BCUT2D eigenvalue weighted by molar-refractivity contribution is -0.142. The summed E-state index contributed by atoms with van der Waals surface area (Å²) in [4.78, 5) is 0. The Balaban J connectivity index is 3.30. The van der Waals surface area contributed by atoms with Crippen molar-refractivity contribution >= 4 is 11.6 Å². The first-order valence-corrected chi connectivity index (χ1v) is 3.59. The van der Waals surface area contributed by atoms with Crippen LogP contribution in [0, 0.1) is 0 Å². The van der Waals surface area contributed by atoms with Crippen molar-refractivity contribution in [1.29, 1.82) is 0 Å². The maximum absolute atomic E-state index is 12.2. The maximum atomic E-state index is 12.2. The molecule has 0 unspecified atom stereocenters. The molecule has 0 aromatic carbocycles. The molecule has 0 fully saturated rings. The number of aryl methyl sites for hydroxylation is 1. The molecule has 3 nitrogen and oxygen atoms in total. The SMILES string of the molecule is COc1c(C(F)(F)F)nn(C)c1Cl. The van der Waals surface area contributed by atoms with Crippen LogP contribution in [0.15, 0.2) is 0 Å². The third-order valence-corrected chi connectivity index (χ3v) is 1.83. The summed E-state index contributed by atoms with van der Waals surface area (Å²) in [6.45, 7) is 0. The molecular weight excluding hydrogens is 209 g/mol. The van der Waals surface area contributed by atoms with E-state index in [0.29, 0.717) is 0 Å². The van der Waals surface area contributed by atoms with Gasteiger partial charge in [-0.15, -0.1) is 0 Å². The lowest BCUT2D eigenvalue weighted by Crippen LogP contribution is -2.08. The Morgan fingerprint density at radius 1 is 1.46 bits per heavy atom. The Bertz CT molecular complexity index is 320. The largest absolute Gasteiger partial charge is 0.491 e. The van der Waals surface area contributed by atoms with E-state index in [1.807, 2.05) is 0 Å². The highest BCUT2D eigenvalue weighted by Crippen LogP contribution is 2.38. The summed E-state index contributed by atoms with van der Waals surface area (Å²) in [6, 6.07) is 0. The van der Waals surface area contributed by atoms with Crippen molar-refractivity contribution in [2.75, 3.05) is 7.11 Å². The highest BCUT2D eigenvalue weighted by Gasteiger charge is 2.39. The smallest absolute Gasteiger partial charge is 0.438 e. The molecule has 1 heterocycles. The van der Waals surface area contributed by atoms with E-state index in [4.69, 9.17) is 11.6 Å². The Labute approximate surface area is 77.0 Å². The molecule has 0 N–H and O–H groups in total. The zero-order valence-electron chi connectivity index (χ0n) is 6.81. The third-order valence-electron chi connectivity index (χ3n) is 1.41. The summed E-state index contributed by atoms with van der Waals surface area (Å²) in [5.41, 5.74) is -1.11. The second-order valence-corrected chi connectivity index (χ2v) is 2.65. The van der Waals surface area contributed by atoms with Crippen LogP contribution in [0.4, 0.5) is 13.2 Å². The lowest BCUT2D eigenvalue weighted by Gasteiger charge is -2.03.